The summed E-state index contributed by atoms with van der Waals surface area (Å²) in [6.07, 6.45) is 0.689. The molecule has 20 heavy (non-hydrogen) atoms. The van der Waals surface area contributed by atoms with E-state index in [-0.39, 0.29) is 17.7 Å². The molecule has 2 rings (SSSR count). The van der Waals surface area contributed by atoms with Gasteiger partial charge in [-0.1, -0.05) is 30.3 Å². The number of carbonyl (C=O) groups is 1. The van der Waals surface area contributed by atoms with Crippen LogP contribution in [0.25, 0.3) is 0 Å². The van der Waals surface area contributed by atoms with Crippen LogP contribution in [0.4, 0.5) is 0 Å². The summed E-state index contributed by atoms with van der Waals surface area (Å²) >= 11 is 5.92. The molecule has 3 nitrogen and oxygen atoms in total. The number of amides is 1. The van der Waals surface area contributed by atoms with Crippen LogP contribution in [0.3, 0.4) is 0 Å². The number of halogens is 1. The number of benzene rings is 2. The number of hydrogen-bond donors (Lipinski definition) is 2. The maximum absolute atomic E-state index is 12.1. The monoisotopic (exact) mass is 289 g/mol. The minimum absolute atomic E-state index is 0.125. The molecule has 0 bridgehead atoms. The lowest BCUT2D eigenvalue weighted by Gasteiger charge is -2.16. The second-order valence-electron chi connectivity index (χ2n) is 4.56. The number of aromatic hydroxyl groups is 1. The van der Waals surface area contributed by atoms with E-state index in [1.807, 2.05) is 30.3 Å². The molecule has 0 aliphatic carbocycles. The van der Waals surface area contributed by atoms with E-state index in [4.69, 9.17) is 11.6 Å². The standard InChI is InChI=1S/C16H16ClNO2/c17-11-14(10-12-4-2-1-3-5-12)18-16(20)13-6-8-15(19)9-7-13/h1-9,14,19H,10-11H2,(H,18,20). The number of phenolic OH excluding ortho intramolecular Hbond substituents is 1. The number of phenols is 1. The highest BCUT2D eigenvalue weighted by atomic mass is 35.5. The van der Waals surface area contributed by atoms with E-state index in [1.54, 1.807) is 12.1 Å². The summed E-state index contributed by atoms with van der Waals surface area (Å²) < 4.78 is 0. The van der Waals surface area contributed by atoms with Crippen molar-refractivity contribution in [3.63, 3.8) is 0 Å². The molecule has 2 aromatic rings. The fourth-order valence-corrected chi connectivity index (χ4v) is 2.11. The summed E-state index contributed by atoms with van der Waals surface area (Å²) in [7, 11) is 0. The Morgan fingerprint density at radius 1 is 1.10 bits per heavy atom. The van der Waals surface area contributed by atoms with Gasteiger partial charge in [0.05, 0.1) is 0 Å². The lowest BCUT2D eigenvalue weighted by Crippen LogP contribution is -2.37. The third kappa shape index (κ3) is 4.00. The second kappa shape index (κ2) is 6.96. The first kappa shape index (κ1) is 14.4. The van der Waals surface area contributed by atoms with E-state index < -0.39 is 0 Å². The summed E-state index contributed by atoms with van der Waals surface area (Å²) in [5.41, 5.74) is 1.63. The number of alkyl halides is 1. The van der Waals surface area contributed by atoms with Gasteiger partial charge in [0.1, 0.15) is 5.75 Å². The van der Waals surface area contributed by atoms with Crippen LogP contribution in [0.15, 0.2) is 54.6 Å². The van der Waals surface area contributed by atoms with Crippen molar-refractivity contribution in [2.24, 2.45) is 0 Å². The third-order valence-electron chi connectivity index (χ3n) is 2.98. The van der Waals surface area contributed by atoms with E-state index in [0.29, 0.717) is 17.9 Å². The first-order valence-electron chi connectivity index (χ1n) is 6.39. The van der Waals surface area contributed by atoms with Crippen molar-refractivity contribution in [1.29, 1.82) is 0 Å². The van der Waals surface area contributed by atoms with E-state index in [1.165, 1.54) is 12.1 Å². The molecule has 0 aliphatic heterocycles. The molecule has 0 saturated heterocycles. The summed E-state index contributed by atoms with van der Waals surface area (Å²) in [5, 5.41) is 12.1. The Morgan fingerprint density at radius 2 is 1.75 bits per heavy atom. The number of rotatable bonds is 5. The van der Waals surface area contributed by atoms with Gasteiger partial charge in [-0.25, -0.2) is 0 Å². The molecule has 0 saturated carbocycles. The molecule has 104 valence electrons. The van der Waals surface area contributed by atoms with E-state index in [2.05, 4.69) is 5.32 Å². The van der Waals surface area contributed by atoms with Gasteiger partial charge in [0, 0.05) is 17.5 Å². The Labute approximate surface area is 123 Å². The van der Waals surface area contributed by atoms with Crippen LogP contribution >= 0.6 is 11.6 Å². The minimum Gasteiger partial charge on any atom is -0.508 e. The highest BCUT2D eigenvalue weighted by molar-refractivity contribution is 6.18. The van der Waals surface area contributed by atoms with Gasteiger partial charge in [-0.15, -0.1) is 11.6 Å². The van der Waals surface area contributed by atoms with E-state index in [0.717, 1.165) is 5.56 Å². The van der Waals surface area contributed by atoms with Gasteiger partial charge in [-0.3, -0.25) is 4.79 Å². The number of carbonyl (C=O) groups excluding carboxylic acids is 1. The molecule has 4 heteroatoms. The third-order valence-corrected chi connectivity index (χ3v) is 3.35. The summed E-state index contributed by atoms with van der Waals surface area (Å²) in [6.45, 7) is 0. The van der Waals surface area contributed by atoms with Crippen LogP contribution in [0.2, 0.25) is 0 Å². The largest absolute Gasteiger partial charge is 0.508 e. The zero-order valence-electron chi connectivity index (χ0n) is 10.9. The molecule has 0 heterocycles. The van der Waals surface area contributed by atoms with E-state index >= 15 is 0 Å². The van der Waals surface area contributed by atoms with Gasteiger partial charge in [-0.2, -0.15) is 0 Å². The molecule has 2 N–H and O–H groups in total. The molecule has 1 atom stereocenters. The molecule has 1 unspecified atom stereocenters. The van der Waals surface area contributed by atoms with Crippen LogP contribution in [0, 0.1) is 0 Å². The molecule has 0 spiro atoms. The Bertz CT molecular complexity index is 554. The van der Waals surface area contributed by atoms with E-state index in [9.17, 15) is 9.90 Å². The lowest BCUT2D eigenvalue weighted by molar-refractivity contribution is 0.0940. The number of hydrogen-bond acceptors (Lipinski definition) is 2. The molecule has 0 aromatic heterocycles. The fourth-order valence-electron chi connectivity index (χ4n) is 1.92. The van der Waals surface area contributed by atoms with Gasteiger partial charge in [-0.05, 0) is 36.2 Å². The average molecular weight is 290 g/mol. The van der Waals surface area contributed by atoms with Crippen molar-refractivity contribution in [3.05, 3.63) is 65.7 Å². The van der Waals surface area contributed by atoms with Gasteiger partial charge in [0.15, 0.2) is 0 Å². The zero-order chi connectivity index (χ0) is 14.4. The van der Waals surface area contributed by atoms with Crippen molar-refractivity contribution in [2.75, 3.05) is 5.88 Å². The summed E-state index contributed by atoms with van der Waals surface area (Å²) in [5.74, 6) is 0.296. The first-order valence-corrected chi connectivity index (χ1v) is 6.92. The van der Waals surface area contributed by atoms with Crippen molar-refractivity contribution in [1.82, 2.24) is 5.32 Å². The van der Waals surface area contributed by atoms with Gasteiger partial charge in [0.25, 0.3) is 5.91 Å². The first-order chi connectivity index (χ1) is 9.69. The molecular weight excluding hydrogens is 274 g/mol. The Hall–Kier alpha value is -2.00. The Kier molecular flexibility index (Phi) is 5.02. The topological polar surface area (TPSA) is 49.3 Å². The Balaban J connectivity index is 1.99. The Morgan fingerprint density at radius 3 is 2.35 bits per heavy atom. The smallest absolute Gasteiger partial charge is 0.251 e. The van der Waals surface area contributed by atoms with Crippen LogP contribution < -0.4 is 5.32 Å². The molecule has 0 fully saturated rings. The van der Waals surface area contributed by atoms with Crippen LogP contribution in [-0.4, -0.2) is 22.9 Å². The highest BCUT2D eigenvalue weighted by Gasteiger charge is 2.13. The quantitative estimate of drug-likeness (QED) is 0.832. The second-order valence-corrected chi connectivity index (χ2v) is 4.87. The van der Waals surface area contributed by atoms with Crippen molar-refractivity contribution < 1.29 is 9.90 Å². The predicted octanol–water partition coefficient (Wildman–Crippen LogP) is 2.97. The maximum atomic E-state index is 12.1. The molecular formula is C16H16ClNO2. The minimum atomic E-state index is -0.188. The molecule has 0 radical (unpaired) electrons. The SMILES string of the molecule is O=C(NC(CCl)Cc1ccccc1)c1ccc(O)cc1. The van der Waals surface area contributed by atoms with Crippen LogP contribution in [0.5, 0.6) is 5.75 Å². The normalized spacial score (nSPS) is 11.8. The zero-order valence-corrected chi connectivity index (χ0v) is 11.7. The lowest BCUT2D eigenvalue weighted by atomic mass is 10.1. The summed E-state index contributed by atoms with van der Waals surface area (Å²) in [4.78, 5) is 12.1. The van der Waals surface area contributed by atoms with Crippen molar-refractivity contribution >= 4 is 17.5 Å². The fraction of sp³-hybridized carbons (Fsp3) is 0.188. The van der Waals surface area contributed by atoms with Gasteiger partial charge in [0.2, 0.25) is 0 Å². The van der Waals surface area contributed by atoms with Crippen molar-refractivity contribution in [3.8, 4) is 5.75 Å². The van der Waals surface area contributed by atoms with Crippen LogP contribution in [0.1, 0.15) is 15.9 Å². The van der Waals surface area contributed by atoms with Crippen LogP contribution in [-0.2, 0) is 6.42 Å². The number of nitrogens with one attached hydrogen (secondary N) is 1. The molecule has 0 aliphatic rings. The highest BCUT2D eigenvalue weighted by Crippen LogP contribution is 2.10. The van der Waals surface area contributed by atoms with Gasteiger partial charge < -0.3 is 10.4 Å². The molecule has 2 aromatic carbocycles. The van der Waals surface area contributed by atoms with Crippen molar-refractivity contribution in [2.45, 2.75) is 12.5 Å². The maximum Gasteiger partial charge on any atom is 0.251 e. The van der Waals surface area contributed by atoms with Gasteiger partial charge >= 0.3 is 0 Å². The molecule has 1 amide bonds. The predicted molar refractivity (Wildman–Crippen MR) is 80.2 cm³/mol. The summed E-state index contributed by atoms with van der Waals surface area (Å²) in [6, 6.07) is 15.9. The average Bonchev–Trinajstić information content (AvgIpc) is 2.48.